The molecule has 1 saturated heterocycles. The summed E-state index contributed by atoms with van der Waals surface area (Å²) < 4.78 is 5.31. The zero-order valence-electron chi connectivity index (χ0n) is 23.1. The van der Waals surface area contributed by atoms with E-state index in [9.17, 15) is 24.0 Å². The summed E-state index contributed by atoms with van der Waals surface area (Å²) in [5.74, 6) is -4.63. The third-order valence-corrected chi connectivity index (χ3v) is 8.59. The summed E-state index contributed by atoms with van der Waals surface area (Å²) >= 11 is 0. The molecule has 1 fully saturated rings. The molecule has 1 heterocycles. The first-order chi connectivity index (χ1) is 20.4. The highest BCUT2D eigenvalue weighted by Gasteiger charge is 2.63. The summed E-state index contributed by atoms with van der Waals surface area (Å²) in [6.45, 7) is 1.27. The fourth-order valence-corrected chi connectivity index (χ4v) is 6.81. The van der Waals surface area contributed by atoms with Crippen LogP contribution in [0.5, 0.6) is 0 Å². The van der Waals surface area contributed by atoms with E-state index < -0.39 is 42.3 Å². The number of rotatable bonds is 8. The van der Waals surface area contributed by atoms with E-state index in [-0.39, 0.29) is 30.1 Å². The van der Waals surface area contributed by atoms with Gasteiger partial charge in [-0.05, 0) is 40.8 Å². The van der Waals surface area contributed by atoms with Gasteiger partial charge in [-0.2, -0.15) is 0 Å². The highest BCUT2D eigenvalue weighted by atomic mass is 16.5. The fraction of sp³-hybridized carbons (Fsp3) is 0.303. The van der Waals surface area contributed by atoms with Crippen molar-refractivity contribution in [2.75, 3.05) is 6.61 Å². The van der Waals surface area contributed by atoms with E-state index in [0.29, 0.717) is 12.0 Å². The Morgan fingerprint density at radius 3 is 1.76 bits per heavy atom. The van der Waals surface area contributed by atoms with Crippen molar-refractivity contribution in [3.05, 3.63) is 107 Å². The number of imide groups is 1. The first-order valence-corrected chi connectivity index (χ1v) is 14.3. The van der Waals surface area contributed by atoms with Crippen molar-refractivity contribution in [1.82, 2.24) is 15.8 Å². The first kappa shape index (κ1) is 27.4. The number of ether oxygens (including phenoxy) is 1. The van der Waals surface area contributed by atoms with Gasteiger partial charge in [0.1, 0.15) is 6.04 Å². The number of likely N-dealkylation sites (tertiary alicyclic amines) is 1. The van der Waals surface area contributed by atoms with Crippen LogP contribution in [0, 0.1) is 11.8 Å². The molecule has 1 aliphatic heterocycles. The third kappa shape index (κ3) is 4.55. The quantitative estimate of drug-likeness (QED) is 0.245. The topological polar surface area (TPSA) is 122 Å². The van der Waals surface area contributed by atoms with Gasteiger partial charge in [-0.3, -0.25) is 34.9 Å². The summed E-state index contributed by atoms with van der Waals surface area (Å²) in [5.41, 5.74) is 9.04. The molecule has 3 atom stereocenters. The number of hydrogen-bond donors (Lipinski definition) is 2. The second-order valence-corrected chi connectivity index (χ2v) is 10.9. The van der Waals surface area contributed by atoms with Crippen LogP contribution in [0.25, 0.3) is 0 Å². The standard InChI is InChI=1S/C33H31N3O6/c1-2-3-17-24(33(41)42-18-25(37)34-35-30(38)19-11-5-4-6-12-19)36-31(39)28-26-20-13-7-8-14-21(20)27(29(28)32(36)40)23-16-10-9-15-22(23)26/h4-16,24,26-29H,2-3,17-18H2,1H3,(H,34,37)(H,35,38)/t24-,26?,27?,28-,29+/m1/s1. The van der Waals surface area contributed by atoms with E-state index in [1.54, 1.807) is 30.3 Å². The van der Waals surface area contributed by atoms with E-state index in [0.717, 1.165) is 33.6 Å². The molecule has 3 aromatic carbocycles. The number of hydrogen-bond acceptors (Lipinski definition) is 6. The molecule has 214 valence electrons. The van der Waals surface area contributed by atoms with E-state index in [2.05, 4.69) is 10.9 Å². The van der Waals surface area contributed by atoms with Gasteiger partial charge in [0.05, 0.1) is 11.8 Å². The van der Waals surface area contributed by atoms with E-state index in [1.807, 2.05) is 55.5 Å². The van der Waals surface area contributed by atoms with Crippen molar-refractivity contribution in [1.29, 1.82) is 0 Å². The second kappa shape index (κ2) is 11.2. The zero-order valence-corrected chi connectivity index (χ0v) is 23.1. The van der Waals surface area contributed by atoms with Gasteiger partial charge >= 0.3 is 5.97 Å². The molecule has 9 heteroatoms. The number of hydrazine groups is 1. The highest BCUT2D eigenvalue weighted by Crippen LogP contribution is 2.61. The Morgan fingerprint density at radius 2 is 1.26 bits per heavy atom. The van der Waals surface area contributed by atoms with Gasteiger partial charge in [0.2, 0.25) is 11.8 Å². The normalized spacial score (nSPS) is 22.1. The number of nitrogens with zero attached hydrogens (tertiary/aromatic N) is 1. The van der Waals surface area contributed by atoms with Crippen molar-refractivity contribution in [2.24, 2.45) is 11.8 Å². The van der Waals surface area contributed by atoms with Gasteiger partial charge in [0.15, 0.2) is 6.61 Å². The van der Waals surface area contributed by atoms with Crippen molar-refractivity contribution in [2.45, 2.75) is 44.1 Å². The molecule has 0 saturated carbocycles. The van der Waals surface area contributed by atoms with Crippen LogP contribution in [0.2, 0.25) is 0 Å². The summed E-state index contributed by atoms with van der Waals surface area (Å²) in [6, 6.07) is 23.1. The Balaban J connectivity index is 1.20. The minimum absolute atomic E-state index is 0.230. The van der Waals surface area contributed by atoms with Crippen LogP contribution in [0.1, 0.15) is 70.6 Å². The Kier molecular flexibility index (Phi) is 7.33. The van der Waals surface area contributed by atoms with Gasteiger partial charge < -0.3 is 4.74 Å². The molecule has 0 spiro atoms. The van der Waals surface area contributed by atoms with Crippen LogP contribution < -0.4 is 10.9 Å². The summed E-state index contributed by atoms with van der Waals surface area (Å²) in [4.78, 5) is 67.2. The van der Waals surface area contributed by atoms with Gasteiger partial charge in [-0.25, -0.2) is 4.79 Å². The van der Waals surface area contributed by atoms with Gasteiger partial charge in [0.25, 0.3) is 11.8 Å². The maximum Gasteiger partial charge on any atom is 0.329 e. The number of unbranched alkanes of at least 4 members (excludes halogenated alkanes) is 1. The third-order valence-electron chi connectivity index (χ3n) is 8.59. The van der Waals surface area contributed by atoms with Gasteiger partial charge in [0, 0.05) is 17.4 Å². The number of carbonyl (C=O) groups excluding carboxylic acids is 5. The fourth-order valence-electron chi connectivity index (χ4n) is 6.81. The molecule has 0 unspecified atom stereocenters. The summed E-state index contributed by atoms with van der Waals surface area (Å²) in [5, 5.41) is 0. The average molecular weight is 566 g/mol. The van der Waals surface area contributed by atoms with Gasteiger partial charge in [-0.1, -0.05) is 86.5 Å². The Bertz CT molecular complexity index is 1460. The van der Waals surface area contributed by atoms with Crippen LogP contribution >= 0.6 is 0 Å². The van der Waals surface area contributed by atoms with Crippen molar-refractivity contribution in [3.8, 4) is 0 Å². The number of esters is 1. The Hall–Kier alpha value is -4.79. The van der Waals surface area contributed by atoms with Crippen LogP contribution in [0.3, 0.4) is 0 Å². The van der Waals surface area contributed by atoms with E-state index in [1.165, 1.54) is 0 Å². The van der Waals surface area contributed by atoms with Crippen molar-refractivity contribution in [3.63, 3.8) is 0 Å². The maximum absolute atomic E-state index is 14.1. The van der Waals surface area contributed by atoms with E-state index >= 15 is 0 Å². The molecule has 2 N–H and O–H groups in total. The first-order valence-electron chi connectivity index (χ1n) is 14.3. The summed E-state index contributed by atoms with van der Waals surface area (Å²) in [7, 11) is 0. The Morgan fingerprint density at radius 1 is 0.762 bits per heavy atom. The predicted octanol–water partition coefficient (Wildman–Crippen LogP) is 3.44. The molecule has 4 aliphatic rings. The lowest BCUT2D eigenvalue weighted by molar-refractivity contribution is -0.161. The van der Waals surface area contributed by atoms with Crippen molar-refractivity contribution >= 4 is 29.6 Å². The molecular weight excluding hydrogens is 534 g/mol. The van der Waals surface area contributed by atoms with Gasteiger partial charge in [-0.15, -0.1) is 0 Å². The average Bonchev–Trinajstić information content (AvgIpc) is 3.29. The molecule has 0 aromatic heterocycles. The number of benzene rings is 3. The van der Waals surface area contributed by atoms with Crippen LogP contribution in [0.4, 0.5) is 0 Å². The molecule has 42 heavy (non-hydrogen) atoms. The number of nitrogens with one attached hydrogen (secondary N) is 2. The Labute approximate surface area is 243 Å². The minimum Gasteiger partial charge on any atom is -0.454 e. The molecular formula is C33H31N3O6. The largest absolute Gasteiger partial charge is 0.454 e. The van der Waals surface area contributed by atoms with Crippen LogP contribution in [0.15, 0.2) is 78.9 Å². The smallest absolute Gasteiger partial charge is 0.329 e. The monoisotopic (exact) mass is 565 g/mol. The van der Waals surface area contributed by atoms with Crippen molar-refractivity contribution < 1.29 is 28.7 Å². The lowest BCUT2D eigenvalue weighted by atomic mass is 9.55. The number of amides is 4. The van der Waals surface area contributed by atoms with Crippen LogP contribution in [-0.4, -0.2) is 47.1 Å². The minimum atomic E-state index is -1.15. The highest BCUT2D eigenvalue weighted by molar-refractivity contribution is 6.10. The lowest BCUT2D eigenvalue weighted by Crippen LogP contribution is -2.48. The lowest BCUT2D eigenvalue weighted by Gasteiger charge is -2.45. The number of carbonyl (C=O) groups is 5. The second-order valence-electron chi connectivity index (χ2n) is 10.9. The molecule has 4 amide bonds. The molecule has 2 bridgehead atoms. The molecule has 3 aliphatic carbocycles. The molecule has 0 radical (unpaired) electrons. The van der Waals surface area contributed by atoms with E-state index in [4.69, 9.17) is 4.74 Å². The van der Waals surface area contributed by atoms with Crippen LogP contribution in [-0.2, 0) is 23.9 Å². The SMILES string of the molecule is CCCC[C@H](C(=O)OCC(=O)NNC(=O)c1ccccc1)N1C(=O)[C@@H]2C3c4ccccc4C(c4ccccc43)[C@@H]2C1=O. The maximum atomic E-state index is 14.1. The molecule has 7 rings (SSSR count). The molecule has 9 nitrogen and oxygen atoms in total. The summed E-state index contributed by atoms with van der Waals surface area (Å²) in [6.07, 6.45) is 1.55. The molecule has 3 aromatic rings. The zero-order chi connectivity index (χ0) is 29.4. The predicted molar refractivity (Wildman–Crippen MR) is 152 cm³/mol.